The zero-order valence-corrected chi connectivity index (χ0v) is 13.0. The minimum atomic E-state index is -0.587. The summed E-state index contributed by atoms with van der Waals surface area (Å²) in [6.07, 6.45) is 3.56. The van der Waals surface area contributed by atoms with Gasteiger partial charge in [0, 0.05) is 24.0 Å². The van der Waals surface area contributed by atoms with Crippen LogP contribution in [-0.2, 0) is 0 Å². The summed E-state index contributed by atoms with van der Waals surface area (Å²) in [4.78, 5) is 27.1. The van der Waals surface area contributed by atoms with Crippen LogP contribution in [-0.4, -0.2) is 27.3 Å². The number of aromatic nitrogens is 2. The van der Waals surface area contributed by atoms with Gasteiger partial charge in [0.25, 0.3) is 5.91 Å². The van der Waals surface area contributed by atoms with E-state index in [1.165, 1.54) is 25.3 Å². The molecule has 0 saturated heterocycles. The van der Waals surface area contributed by atoms with Gasteiger partial charge in [0.2, 0.25) is 0 Å². The Morgan fingerprint density at radius 1 is 1.29 bits per heavy atom. The SMILES string of the molecule is COc1ccc(C(=O)Nc2ccc3nc(C)cn3c2)cc1[N+](=O)[O-]. The predicted octanol–water partition coefficient (Wildman–Crippen LogP) is 2.81. The number of ether oxygens (including phenoxy) is 1. The van der Waals surface area contributed by atoms with E-state index in [0.29, 0.717) is 5.69 Å². The van der Waals surface area contributed by atoms with Crippen molar-refractivity contribution in [2.75, 3.05) is 12.4 Å². The smallest absolute Gasteiger partial charge is 0.311 e. The Hall–Kier alpha value is -3.42. The quantitative estimate of drug-likeness (QED) is 0.587. The van der Waals surface area contributed by atoms with Gasteiger partial charge in [-0.15, -0.1) is 0 Å². The highest BCUT2D eigenvalue weighted by Crippen LogP contribution is 2.27. The summed E-state index contributed by atoms with van der Waals surface area (Å²) in [5, 5.41) is 13.8. The maximum Gasteiger partial charge on any atom is 0.311 e. The third-order valence-electron chi connectivity index (χ3n) is 3.47. The van der Waals surface area contributed by atoms with E-state index in [1.807, 2.05) is 13.1 Å². The van der Waals surface area contributed by atoms with Gasteiger partial charge in [-0.2, -0.15) is 0 Å². The largest absolute Gasteiger partial charge is 0.490 e. The van der Waals surface area contributed by atoms with Crippen LogP contribution in [0.5, 0.6) is 5.75 Å². The molecular weight excluding hydrogens is 312 g/mol. The first-order valence-corrected chi connectivity index (χ1v) is 7.07. The normalized spacial score (nSPS) is 10.6. The number of carbonyl (C=O) groups excluding carboxylic acids is 1. The van der Waals surface area contributed by atoms with Crippen molar-refractivity contribution in [2.24, 2.45) is 0 Å². The fraction of sp³-hybridized carbons (Fsp3) is 0.125. The van der Waals surface area contributed by atoms with Gasteiger partial charge in [0.1, 0.15) is 5.65 Å². The van der Waals surface area contributed by atoms with Crippen LogP contribution < -0.4 is 10.1 Å². The van der Waals surface area contributed by atoms with Crippen LogP contribution >= 0.6 is 0 Å². The fourth-order valence-electron chi connectivity index (χ4n) is 2.37. The molecule has 24 heavy (non-hydrogen) atoms. The second kappa shape index (κ2) is 5.99. The number of fused-ring (bicyclic) bond motifs is 1. The molecule has 0 fully saturated rings. The number of pyridine rings is 1. The molecular formula is C16H14N4O4. The summed E-state index contributed by atoms with van der Waals surface area (Å²) < 4.78 is 6.72. The lowest BCUT2D eigenvalue weighted by Crippen LogP contribution is -2.12. The maximum atomic E-state index is 12.3. The molecule has 3 rings (SSSR count). The molecule has 0 spiro atoms. The van der Waals surface area contributed by atoms with Gasteiger partial charge in [0.15, 0.2) is 5.75 Å². The van der Waals surface area contributed by atoms with Crippen molar-refractivity contribution in [2.45, 2.75) is 6.92 Å². The van der Waals surface area contributed by atoms with Crippen LogP contribution in [0.15, 0.2) is 42.7 Å². The van der Waals surface area contributed by atoms with Gasteiger partial charge < -0.3 is 14.5 Å². The lowest BCUT2D eigenvalue weighted by molar-refractivity contribution is -0.385. The molecule has 1 N–H and O–H groups in total. The summed E-state index contributed by atoms with van der Waals surface area (Å²) in [7, 11) is 1.34. The Bertz CT molecular complexity index is 948. The molecule has 0 aliphatic heterocycles. The van der Waals surface area contributed by atoms with E-state index in [-0.39, 0.29) is 17.0 Å². The van der Waals surface area contributed by atoms with E-state index in [0.717, 1.165) is 11.3 Å². The summed E-state index contributed by atoms with van der Waals surface area (Å²) in [5.41, 5.74) is 2.11. The number of methoxy groups -OCH3 is 1. The number of rotatable bonds is 4. The molecule has 1 aromatic carbocycles. The monoisotopic (exact) mass is 326 g/mol. The predicted molar refractivity (Wildman–Crippen MR) is 87.5 cm³/mol. The van der Waals surface area contributed by atoms with Gasteiger partial charge in [-0.05, 0) is 31.2 Å². The number of benzene rings is 1. The van der Waals surface area contributed by atoms with Crippen molar-refractivity contribution in [3.63, 3.8) is 0 Å². The number of hydrogen-bond acceptors (Lipinski definition) is 5. The average Bonchev–Trinajstić information content (AvgIpc) is 2.93. The van der Waals surface area contributed by atoms with Gasteiger partial charge in [-0.1, -0.05) is 0 Å². The van der Waals surface area contributed by atoms with E-state index in [9.17, 15) is 14.9 Å². The van der Waals surface area contributed by atoms with E-state index >= 15 is 0 Å². The molecule has 3 aromatic rings. The number of carbonyl (C=O) groups is 1. The number of imidazole rings is 1. The third kappa shape index (κ3) is 2.89. The van der Waals surface area contributed by atoms with Gasteiger partial charge in [-0.3, -0.25) is 14.9 Å². The van der Waals surface area contributed by atoms with Crippen LogP contribution in [0.2, 0.25) is 0 Å². The third-order valence-corrected chi connectivity index (χ3v) is 3.47. The molecule has 0 atom stereocenters. The molecule has 8 heteroatoms. The summed E-state index contributed by atoms with van der Waals surface area (Å²) in [5.74, 6) is -0.344. The number of nitrogens with zero attached hydrogens (tertiary/aromatic N) is 3. The lowest BCUT2D eigenvalue weighted by atomic mass is 10.1. The Balaban J connectivity index is 1.88. The van der Waals surface area contributed by atoms with Gasteiger partial charge >= 0.3 is 5.69 Å². The molecule has 0 aliphatic rings. The molecule has 0 unspecified atom stereocenters. The number of amides is 1. The van der Waals surface area contributed by atoms with Crippen LogP contribution in [0.4, 0.5) is 11.4 Å². The zero-order chi connectivity index (χ0) is 17.3. The first kappa shape index (κ1) is 15.5. The highest BCUT2D eigenvalue weighted by atomic mass is 16.6. The van der Waals surface area contributed by atoms with Crippen molar-refractivity contribution in [3.8, 4) is 5.75 Å². The van der Waals surface area contributed by atoms with Gasteiger partial charge in [0.05, 0.1) is 23.4 Å². The van der Waals surface area contributed by atoms with Crippen molar-refractivity contribution in [1.29, 1.82) is 0 Å². The van der Waals surface area contributed by atoms with Crippen LogP contribution in [0.25, 0.3) is 5.65 Å². The molecule has 2 heterocycles. The minimum Gasteiger partial charge on any atom is -0.490 e. The van der Waals surface area contributed by atoms with Crippen LogP contribution in [0, 0.1) is 17.0 Å². The number of nitro benzene ring substituents is 1. The topological polar surface area (TPSA) is 98.8 Å². The van der Waals surface area contributed by atoms with Crippen molar-refractivity contribution < 1.29 is 14.5 Å². The maximum absolute atomic E-state index is 12.3. The number of anilines is 1. The lowest BCUT2D eigenvalue weighted by Gasteiger charge is -2.07. The molecule has 2 aromatic heterocycles. The van der Waals surface area contributed by atoms with Crippen molar-refractivity contribution in [1.82, 2.24) is 9.38 Å². The fourth-order valence-corrected chi connectivity index (χ4v) is 2.37. The first-order valence-electron chi connectivity index (χ1n) is 7.07. The summed E-state index contributed by atoms with van der Waals surface area (Å²) in [6.45, 7) is 1.88. The Labute approximate surface area is 136 Å². The molecule has 0 saturated carbocycles. The first-order chi connectivity index (χ1) is 11.5. The number of aryl methyl sites for hydroxylation is 1. The van der Waals surface area contributed by atoms with Crippen molar-refractivity contribution in [3.05, 3.63) is 64.1 Å². The minimum absolute atomic E-state index is 0.104. The highest BCUT2D eigenvalue weighted by Gasteiger charge is 2.18. The van der Waals surface area contributed by atoms with Crippen molar-refractivity contribution >= 4 is 22.9 Å². The standard InChI is InChI=1S/C16H14N4O4/c1-10-8-19-9-12(4-6-15(19)17-10)18-16(21)11-3-5-14(24-2)13(7-11)20(22)23/h3-9H,1-2H3,(H,18,21). The van der Waals surface area contributed by atoms with Gasteiger partial charge in [-0.25, -0.2) is 4.98 Å². The Morgan fingerprint density at radius 3 is 2.79 bits per heavy atom. The van der Waals surface area contributed by atoms with E-state index in [2.05, 4.69) is 10.3 Å². The Kier molecular flexibility index (Phi) is 3.87. The second-order valence-corrected chi connectivity index (χ2v) is 5.16. The molecule has 0 bridgehead atoms. The van der Waals surface area contributed by atoms with E-state index < -0.39 is 10.8 Å². The molecule has 122 valence electrons. The van der Waals surface area contributed by atoms with Crippen LogP contribution in [0.1, 0.15) is 16.1 Å². The average molecular weight is 326 g/mol. The second-order valence-electron chi connectivity index (χ2n) is 5.16. The molecule has 1 amide bonds. The molecule has 0 aliphatic carbocycles. The summed E-state index contributed by atoms with van der Waals surface area (Å²) >= 11 is 0. The number of hydrogen-bond donors (Lipinski definition) is 1. The summed E-state index contributed by atoms with van der Waals surface area (Å²) in [6, 6.07) is 7.56. The van der Waals surface area contributed by atoms with E-state index in [4.69, 9.17) is 4.74 Å². The zero-order valence-electron chi connectivity index (χ0n) is 13.0. The number of nitro groups is 1. The van der Waals surface area contributed by atoms with Crippen LogP contribution in [0.3, 0.4) is 0 Å². The van der Waals surface area contributed by atoms with E-state index in [1.54, 1.807) is 22.7 Å². The molecule has 0 radical (unpaired) electrons. The number of nitrogens with one attached hydrogen (secondary N) is 1. The highest BCUT2D eigenvalue weighted by molar-refractivity contribution is 6.04. The molecule has 8 nitrogen and oxygen atoms in total. The Morgan fingerprint density at radius 2 is 2.08 bits per heavy atom.